The molecule has 8 nitrogen and oxygen atoms in total. The highest BCUT2D eigenvalue weighted by atomic mass is 35.5. The minimum atomic E-state index is -3.85. The van der Waals surface area contributed by atoms with Gasteiger partial charge in [0, 0.05) is 24.7 Å². The van der Waals surface area contributed by atoms with Crippen LogP contribution < -0.4 is 19.5 Å². The first-order chi connectivity index (χ1) is 15.8. The number of benzene rings is 2. The Morgan fingerprint density at radius 3 is 2.45 bits per heavy atom. The van der Waals surface area contributed by atoms with Crippen LogP contribution in [0.3, 0.4) is 0 Å². The van der Waals surface area contributed by atoms with Crippen molar-refractivity contribution in [3.63, 3.8) is 0 Å². The summed E-state index contributed by atoms with van der Waals surface area (Å²) >= 11 is 6.02. The summed E-state index contributed by atoms with van der Waals surface area (Å²) in [4.78, 5) is 12.8. The Labute approximate surface area is 199 Å². The van der Waals surface area contributed by atoms with Gasteiger partial charge < -0.3 is 19.5 Å². The number of sulfonamides is 1. The number of ether oxygens (including phenoxy) is 3. The molecule has 0 radical (unpaired) electrons. The van der Waals surface area contributed by atoms with E-state index in [4.69, 9.17) is 25.8 Å². The van der Waals surface area contributed by atoms with Crippen molar-refractivity contribution < 1.29 is 27.4 Å². The lowest BCUT2D eigenvalue weighted by molar-refractivity contribution is -0.126. The molecule has 1 amide bonds. The van der Waals surface area contributed by atoms with Crippen LogP contribution in [0, 0.1) is 5.92 Å². The molecule has 2 aromatic carbocycles. The number of carbonyl (C=O) groups excluding carboxylic acids is 1. The smallest absolute Gasteiger partial charge is 0.246 e. The number of hydrogen-bond donors (Lipinski definition) is 1. The van der Waals surface area contributed by atoms with E-state index in [-0.39, 0.29) is 23.1 Å². The third-order valence-electron chi connectivity index (χ3n) is 5.66. The van der Waals surface area contributed by atoms with E-state index in [1.807, 2.05) is 18.2 Å². The minimum absolute atomic E-state index is 0.00649. The summed E-state index contributed by atoms with van der Waals surface area (Å²) in [6, 6.07) is 10.1. The molecule has 3 rings (SSSR count). The van der Waals surface area contributed by atoms with Gasteiger partial charge in [-0.2, -0.15) is 4.31 Å². The molecule has 1 aliphatic rings. The second-order valence-electron chi connectivity index (χ2n) is 7.73. The van der Waals surface area contributed by atoms with Crippen LogP contribution in [0.4, 0.5) is 0 Å². The van der Waals surface area contributed by atoms with Crippen molar-refractivity contribution in [2.45, 2.75) is 24.2 Å². The maximum absolute atomic E-state index is 13.2. The monoisotopic (exact) mass is 496 g/mol. The summed E-state index contributed by atoms with van der Waals surface area (Å²) in [5, 5.41) is 3.23. The van der Waals surface area contributed by atoms with Crippen LogP contribution in [0.1, 0.15) is 18.4 Å². The summed E-state index contributed by atoms with van der Waals surface area (Å²) in [6.07, 6.45) is 1.83. The number of rotatable bonds is 9. The van der Waals surface area contributed by atoms with Gasteiger partial charge in [-0.3, -0.25) is 4.79 Å². The Morgan fingerprint density at radius 1 is 1.06 bits per heavy atom. The third kappa shape index (κ3) is 5.90. The fourth-order valence-corrected chi connectivity index (χ4v) is 5.82. The highest BCUT2D eigenvalue weighted by Crippen LogP contribution is 2.32. The molecule has 1 atom stereocenters. The number of nitrogens with zero attached hydrogens (tertiary/aromatic N) is 1. The van der Waals surface area contributed by atoms with Crippen molar-refractivity contribution in [3.05, 3.63) is 47.0 Å². The molecule has 0 aromatic heterocycles. The Hall–Kier alpha value is -2.49. The highest BCUT2D eigenvalue weighted by Gasteiger charge is 2.34. The molecule has 0 saturated carbocycles. The molecule has 2 aromatic rings. The highest BCUT2D eigenvalue weighted by molar-refractivity contribution is 7.89. The van der Waals surface area contributed by atoms with Gasteiger partial charge in [-0.1, -0.05) is 17.7 Å². The van der Waals surface area contributed by atoms with Gasteiger partial charge in [0.15, 0.2) is 11.5 Å². The molecule has 0 aliphatic carbocycles. The standard InChI is InChI=1S/C23H29ClN2O6S/c1-30-19-8-6-16(13-21(19)32-3)10-11-25-23(27)17-5-4-12-26(15-17)33(28,29)22-14-18(24)7-9-20(22)31-2/h6-9,13-14,17H,4-5,10-12,15H2,1-3H3,(H,25,27)/t17-/m0/s1. The zero-order chi connectivity index (χ0) is 24.0. The summed E-state index contributed by atoms with van der Waals surface area (Å²) in [5.74, 6) is 0.912. The molecule has 0 unspecified atom stereocenters. The zero-order valence-corrected chi connectivity index (χ0v) is 20.5. The van der Waals surface area contributed by atoms with E-state index < -0.39 is 15.9 Å². The minimum Gasteiger partial charge on any atom is -0.495 e. The molecule has 1 saturated heterocycles. The number of piperidine rings is 1. The number of nitrogens with one attached hydrogen (secondary N) is 1. The molecule has 33 heavy (non-hydrogen) atoms. The van der Waals surface area contributed by atoms with Gasteiger partial charge in [0.25, 0.3) is 0 Å². The molecule has 0 bridgehead atoms. The van der Waals surface area contributed by atoms with Gasteiger partial charge in [-0.25, -0.2) is 8.42 Å². The fourth-order valence-electron chi connectivity index (χ4n) is 3.88. The van der Waals surface area contributed by atoms with Crippen molar-refractivity contribution in [2.75, 3.05) is 41.0 Å². The molecule has 1 heterocycles. The molecule has 10 heteroatoms. The average molecular weight is 497 g/mol. The van der Waals surface area contributed by atoms with E-state index in [1.165, 1.54) is 23.5 Å². The van der Waals surface area contributed by atoms with Gasteiger partial charge >= 0.3 is 0 Å². The molecule has 180 valence electrons. The first-order valence-electron chi connectivity index (χ1n) is 10.6. The molecule has 0 spiro atoms. The van der Waals surface area contributed by atoms with Crippen molar-refractivity contribution in [1.82, 2.24) is 9.62 Å². The van der Waals surface area contributed by atoms with E-state index in [1.54, 1.807) is 20.3 Å². The Bertz CT molecular complexity index is 1090. The lowest BCUT2D eigenvalue weighted by atomic mass is 9.99. The summed E-state index contributed by atoms with van der Waals surface area (Å²) < 4.78 is 43.6. The van der Waals surface area contributed by atoms with Gasteiger partial charge in [-0.05, 0) is 55.2 Å². The lowest BCUT2D eigenvalue weighted by Gasteiger charge is -2.31. The van der Waals surface area contributed by atoms with Crippen molar-refractivity contribution in [1.29, 1.82) is 0 Å². The number of carbonyl (C=O) groups is 1. The maximum atomic E-state index is 13.2. The van der Waals surface area contributed by atoms with Gasteiger partial charge in [0.1, 0.15) is 10.6 Å². The summed E-state index contributed by atoms with van der Waals surface area (Å²) in [7, 11) is 0.708. The Balaban J connectivity index is 1.62. The van der Waals surface area contributed by atoms with E-state index >= 15 is 0 Å². The SMILES string of the molecule is COc1ccc(CCNC(=O)[C@H]2CCCN(S(=O)(=O)c3cc(Cl)ccc3OC)C2)cc1OC. The normalized spacial score (nSPS) is 16.8. The van der Waals surface area contributed by atoms with Crippen molar-refractivity contribution in [2.24, 2.45) is 5.92 Å². The van der Waals surface area contributed by atoms with Gasteiger partial charge in [0.2, 0.25) is 15.9 Å². The first-order valence-corrected chi connectivity index (χ1v) is 12.4. The number of methoxy groups -OCH3 is 3. The van der Waals surface area contributed by atoms with Gasteiger partial charge in [0.05, 0.1) is 27.2 Å². The van der Waals surface area contributed by atoms with Crippen LogP contribution in [0.25, 0.3) is 0 Å². The molecule has 1 fully saturated rings. The van der Waals surface area contributed by atoms with Crippen LogP contribution in [0.5, 0.6) is 17.2 Å². The molecule has 1 aliphatic heterocycles. The van der Waals surface area contributed by atoms with E-state index in [0.717, 1.165) is 5.56 Å². The topological polar surface area (TPSA) is 94.2 Å². The van der Waals surface area contributed by atoms with Crippen LogP contribution in [-0.2, 0) is 21.2 Å². The van der Waals surface area contributed by atoms with E-state index in [2.05, 4.69) is 5.32 Å². The number of hydrogen-bond acceptors (Lipinski definition) is 6. The van der Waals surface area contributed by atoms with E-state index in [0.29, 0.717) is 48.9 Å². The summed E-state index contributed by atoms with van der Waals surface area (Å²) in [5.41, 5.74) is 0.994. The fraction of sp³-hybridized carbons (Fsp3) is 0.435. The average Bonchev–Trinajstić information content (AvgIpc) is 2.83. The summed E-state index contributed by atoms with van der Waals surface area (Å²) in [6.45, 7) is 0.882. The second-order valence-corrected chi connectivity index (χ2v) is 10.1. The number of amides is 1. The molecular formula is C23H29ClN2O6S. The van der Waals surface area contributed by atoms with Crippen LogP contribution in [-0.4, -0.2) is 59.6 Å². The lowest BCUT2D eigenvalue weighted by Crippen LogP contribution is -2.45. The third-order valence-corrected chi connectivity index (χ3v) is 7.78. The quantitative estimate of drug-likeness (QED) is 0.573. The van der Waals surface area contributed by atoms with Crippen molar-refractivity contribution in [3.8, 4) is 17.2 Å². The Kier molecular flexibility index (Phi) is 8.45. The predicted octanol–water partition coefficient (Wildman–Crippen LogP) is 3.13. The van der Waals surface area contributed by atoms with E-state index in [9.17, 15) is 13.2 Å². The largest absolute Gasteiger partial charge is 0.495 e. The van der Waals surface area contributed by atoms with Crippen LogP contribution in [0.15, 0.2) is 41.3 Å². The van der Waals surface area contributed by atoms with Crippen LogP contribution in [0.2, 0.25) is 5.02 Å². The predicted molar refractivity (Wildman–Crippen MR) is 126 cm³/mol. The maximum Gasteiger partial charge on any atom is 0.246 e. The second kappa shape index (κ2) is 11.1. The van der Waals surface area contributed by atoms with Crippen molar-refractivity contribution >= 4 is 27.5 Å². The van der Waals surface area contributed by atoms with Crippen LogP contribution >= 0.6 is 11.6 Å². The van der Waals surface area contributed by atoms with Gasteiger partial charge in [-0.15, -0.1) is 0 Å². The zero-order valence-electron chi connectivity index (χ0n) is 19.0. The molecular weight excluding hydrogens is 468 g/mol. The first kappa shape index (κ1) is 25.1. The number of halogens is 1. The molecule has 1 N–H and O–H groups in total. The Morgan fingerprint density at radius 2 is 1.76 bits per heavy atom.